The van der Waals surface area contributed by atoms with Crippen LogP contribution in [0.3, 0.4) is 0 Å². The van der Waals surface area contributed by atoms with Crippen molar-refractivity contribution in [3.8, 4) is 0 Å². The molecule has 156 valence electrons. The molecule has 0 bridgehead atoms. The molecule has 0 aliphatic carbocycles. The number of piperidine rings is 1. The molecule has 1 saturated heterocycles. The Morgan fingerprint density at radius 3 is 2.52 bits per heavy atom. The first-order valence-corrected chi connectivity index (χ1v) is 10.4. The Labute approximate surface area is 170 Å². The van der Waals surface area contributed by atoms with Crippen molar-refractivity contribution in [3.63, 3.8) is 0 Å². The van der Waals surface area contributed by atoms with Crippen molar-refractivity contribution in [3.05, 3.63) is 29.6 Å². The first kappa shape index (κ1) is 19.6. The fourth-order valence-corrected chi connectivity index (χ4v) is 4.21. The lowest BCUT2D eigenvalue weighted by Gasteiger charge is -2.33. The number of amides is 2. The number of rotatable bonds is 4. The molecule has 9 nitrogen and oxygen atoms in total. The van der Waals surface area contributed by atoms with Gasteiger partial charge in [-0.3, -0.25) is 14.3 Å². The highest BCUT2D eigenvalue weighted by Gasteiger charge is 2.31. The van der Waals surface area contributed by atoms with E-state index in [1.54, 1.807) is 28.9 Å². The van der Waals surface area contributed by atoms with Gasteiger partial charge in [-0.05, 0) is 24.8 Å². The maximum absolute atomic E-state index is 12.7. The molecule has 0 spiro atoms. The van der Waals surface area contributed by atoms with Gasteiger partial charge in [0.1, 0.15) is 11.5 Å². The van der Waals surface area contributed by atoms with Crippen LogP contribution in [0.5, 0.6) is 0 Å². The van der Waals surface area contributed by atoms with Gasteiger partial charge in [-0.2, -0.15) is 5.10 Å². The van der Waals surface area contributed by atoms with E-state index < -0.39 is 0 Å². The van der Waals surface area contributed by atoms with Crippen LogP contribution in [0.4, 0.5) is 0 Å². The van der Waals surface area contributed by atoms with Crippen LogP contribution in [0, 0.1) is 5.92 Å². The second-order valence-corrected chi connectivity index (χ2v) is 8.48. The van der Waals surface area contributed by atoms with Crippen molar-refractivity contribution in [2.24, 2.45) is 13.0 Å². The minimum atomic E-state index is -0.0710. The SMILES string of the molecule is CC(C)CC(=O)N1CCC(c2nnc3n2CCN(C(=O)c2ccn(C)n2)C3)CC1. The summed E-state index contributed by atoms with van der Waals surface area (Å²) in [4.78, 5) is 28.7. The molecule has 9 heteroatoms. The van der Waals surface area contributed by atoms with Gasteiger partial charge in [0.15, 0.2) is 5.82 Å². The smallest absolute Gasteiger partial charge is 0.274 e. The predicted octanol–water partition coefficient (Wildman–Crippen LogP) is 1.42. The van der Waals surface area contributed by atoms with Gasteiger partial charge >= 0.3 is 0 Å². The van der Waals surface area contributed by atoms with Crippen LogP contribution in [0.2, 0.25) is 0 Å². The van der Waals surface area contributed by atoms with Crippen molar-refractivity contribution < 1.29 is 9.59 Å². The van der Waals surface area contributed by atoms with Gasteiger partial charge in [-0.15, -0.1) is 10.2 Å². The molecule has 2 aromatic rings. The van der Waals surface area contributed by atoms with E-state index in [4.69, 9.17) is 0 Å². The summed E-state index contributed by atoms with van der Waals surface area (Å²) in [5.41, 5.74) is 0.458. The van der Waals surface area contributed by atoms with Gasteiger partial charge in [0.25, 0.3) is 5.91 Å². The molecule has 2 aliphatic rings. The van der Waals surface area contributed by atoms with Gasteiger partial charge in [0.05, 0.1) is 6.54 Å². The molecule has 2 amide bonds. The molecule has 4 heterocycles. The summed E-state index contributed by atoms with van der Waals surface area (Å²) < 4.78 is 3.80. The van der Waals surface area contributed by atoms with Crippen molar-refractivity contribution in [1.29, 1.82) is 0 Å². The highest BCUT2D eigenvalue weighted by molar-refractivity contribution is 5.92. The molecule has 0 unspecified atom stereocenters. The summed E-state index contributed by atoms with van der Waals surface area (Å²) in [5.74, 6) is 2.72. The number of hydrogen-bond acceptors (Lipinski definition) is 5. The van der Waals surface area contributed by atoms with Crippen molar-refractivity contribution >= 4 is 11.8 Å². The number of carbonyl (C=O) groups is 2. The van der Waals surface area contributed by atoms with Crippen molar-refractivity contribution in [1.82, 2.24) is 34.3 Å². The number of carbonyl (C=O) groups excluding carboxylic acids is 2. The van der Waals surface area contributed by atoms with Crippen molar-refractivity contribution in [2.45, 2.75) is 52.1 Å². The monoisotopic (exact) mass is 399 g/mol. The third-order valence-electron chi connectivity index (χ3n) is 5.80. The molecule has 1 fully saturated rings. The van der Waals surface area contributed by atoms with E-state index in [1.807, 2.05) is 4.90 Å². The second kappa shape index (κ2) is 7.96. The highest BCUT2D eigenvalue weighted by atomic mass is 16.2. The van der Waals surface area contributed by atoms with Crippen LogP contribution < -0.4 is 0 Å². The average Bonchev–Trinajstić information content (AvgIpc) is 3.32. The maximum Gasteiger partial charge on any atom is 0.274 e. The first-order valence-electron chi connectivity index (χ1n) is 10.4. The van der Waals surface area contributed by atoms with E-state index in [1.165, 1.54) is 0 Å². The molecule has 0 N–H and O–H groups in total. The Morgan fingerprint density at radius 2 is 1.86 bits per heavy atom. The molecular weight excluding hydrogens is 370 g/mol. The van der Waals surface area contributed by atoms with Crippen LogP contribution >= 0.6 is 0 Å². The standard InChI is InChI=1S/C20H29N7O2/c1-14(2)12-18(28)25-8-4-15(5-9-25)19-22-21-17-13-26(10-11-27(17)19)20(29)16-6-7-24(3)23-16/h6-7,14-15H,4-5,8-13H2,1-3H3. The van der Waals surface area contributed by atoms with Crippen LogP contribution in [0.25, 0.3) is 0 Å². The quantitative estimate of drug-likeness (QED) is 0.776. The van der Waals surface area contributed by atoms with E-state index >= 15 is 0 Å². The summed E-state index contributed by atoms with van der Waals surface area (Å²) >= 11 is 0. The Balaban J connectivity index is 1.39. The normalized spacial score (nSPS) is 17.7. The summed E-state index contributed by atoms with van der Waals surface area (Å²) in [6.07, 6.45) is 4.22. The number of aryl methyl sites for hydroxylation is 1. The molecule has 0 atom stereocenters. The molecule has 0 radical (unpaired) electrons. The zero-order chi connectivity index (χ0) is 20.5. The predicted molar refractivity (Wildman–Crippen MR) is 106 cm³/mol. The van der Waals surface area contributed by atoms with Crippen LogP contribution in [0.15, 0.2) is 12.3 Å². The molecule has 2 aliphatic heterocycles. The largest absolute Gasteiger partial charge is 0.343 e. The Bertz CT molecular complexity index is 893. The van der Waals surface area contributed by atoms with Crippen molar-refractivity contribution in [2.75, 3.05) is 19.6 Å². The maximum atomic E-state index is 12.7. The summed E-state index contributed by atoms with van der Waals surface area (Å²) in [6.45, 7) is 7.49. The van der Waals surface area contributed by atoms with E-state index in [0.717, 1.165) is 37.6 Å². The minimum absolute atomic E-state index is 0.0710. The Kier molecular flexibility index (Phi) is 5.38. The fraction of sp³-hybridized carbons (Fsp3) is 0.650. The lowest BCUT2D eigenvalue weighted by molar-refractivity contribution is -0.133. The molecule has 29 heavy (non-hydrogen) atoms. The molecule has 0 saturated carbocycles. The first-order chi connectivity index (χ1) is 13.9. The van der Waals surface area contributed by atoms with E-state index in [0.29, 0.717) is 43.6 Å². The van der Waals surface area contributed by atoms with Gasteiger partial charge in [-0.1, -0.05) is 13.8 Å². The molecule has 0 aromatic carbocycles. The van der Waals surface area contributed by atoms with Crippen LogP contribution in [0.1, 0.15) is 61.2 Å². The van der Waals surface area contributed by atoms with Crippen LogP contribution in [-0.4, -0.2) is 65.8 Å². The number of hydrogen-bond donors (Lipinski definition) is 0. The van der Waals surface area contributed by atoms with E-state index in [2.05, 4.69) is 33.7 Å². The molecule has 2 aromatic heterocycles. The molecular formula is C20H29N7O2. The Hall–Kier alpha value is -2.71. The number of likely N-dealkylation sites (tertiary alicyclic amines) is 1. The van der Waals surface area contributed by atoms with Gasteiger partial charge < -0.3 is 14.4 Å². The molecule has 4 rings (SSSR count). The summed E-state index contributed by atoms with van der Waals surface area (Å²) in [6, 6.07) is 1.74. The van der Waals surface area contributed by atoms with Crippen LogP contribution in [-0.2, 0) is 24.9 Å². The lowest BCUT2D eigenvalue weighted by atomic mass is 9.95. The Morgan fingerprint density at radius 1 is 1.10 bits per heavy atom. The minimum Gasteiger partial charge on any atom is -0.343 e. The van der Waals surface area contributed by atoms with E-state index in [9.17, 15) is 9.59 Å². The second-order valence-electron chi connectivity index (χ2n) is 8.48. The third kappa shape index (κ3) is 4.04. The van der Waals surface area contributed by atoms with Gasteiger partial charge in [-0.25, -0.2) is 0 Å². The summed E-state index contributed by atoms with van der Waals surface area (Å²) in [7, 11) is 1.80. The zero-order valence-corrected chi connectivity index (χ0v) is 17.4. The zero-order valence-electron chi connectivity index (χ0n) is 17.4. The number of nitrogens with zero attached hydrogens (tertiary/aromatic N) is 7. The third-order valence-corrected chi connectivity index (χ3v) is 5.80. The van der Waals surface area contributed by atoms with E-state index in [-0.39, 0.29) is 11.8 Å². The average molecular weight is 399 g/mol. The lowest BCUT2D eigenvalue weighted by Crippen LogP contribution is -2.40. The fourth-order valence-electron chi connectivity index (χ4n) is 4.21. The van der Waals surface area contributed by atoms with Gasteiger partial charge in [0.2, 0.25) is 5.91 Å². The number of aromatic nitrogens is 5. The summed E-state index contributed by atoms with van der Waals surface area (Å²) in [5, 5.41) is 13.0. The topological polar surface area (TPSA) is 89.2 Å². The highest BCUT2D eigenvalue weighted by Crippen LogP contribution is 2.29. The van der Waals surface area contributed by atoms with Gasteiger partial charge in [0, 0.05) is 51.8 Å². The number of fused-ring (bicyclic) bond motifs is 1.